The molecule has 0 fully saturated rings. The van der Waals surface area contributed by atoms with Crippen LogP contribution in [0.1, 0.15) is 5.69 Å². The molecule has 0 spiro atoms. The van der Waals surface area contributed by atoms with Crippen LogP contribution in [0.4, 0.5) is 11.4 Å². The standard InChI is InChI=1S/C12H11N5O/c13-9-4-5-10(12-11(9)16-18-17-12)15-7-8-3-1-2-6-14-8/h1-6,15H,7,13H2. The van der Waals surface area contributed by atoms with Gasteiger partial charge in [0, 0.05) is 6.20 Å². The number of nitrogens with two attached hydrogens (primary N) is 1. The predicted molar refractivity (Wildman–Crippen MR) is 67.8 cm³/mol. The highest BCUT2D eigenvalue weighted by Gasteiger charge is 2.09. The number of aromatic nitrogens is 3. The van der Waals surface area contributed by atoms with Crippen LogP contribution in [0.5, 0.6) is 0 Å². The minimum absolute atomic E-state index is 0.551. The number of rotatable bonds is 3. The maximum atomic E-state index is 5.77. The van der Waals surface area contributed by atoms with Gasteiger partial charge in [0.2, 0.25) is 0 Å². The van der Waals surface area contributed by atoms with Crippen molar-refractivity contribution in [1.29, 1.82) is 0 Å². The Bertz CT molecular complexity index is 665. The second-order valence-corrected chi connectivity index (χ2v) is 3.84. The monoisotopic (exact) mass is 241 g/mol. The van der Waals surface area contributed by atoms with Crippen LogP contribution < -0.4 is 11.1 Å². The molecule has 0 aliphatic carbocycles. The quantitative estimate of drug-likeness (QED) is 0.680. The summed E-state index contributed by atoms with van der Waals surface area (Å²) in [6.45, 7) is 0.604. The third kappa shape index (κ3) is 1.84. The summed E-state index contributed by atoms with van der Waals surface area (Å²) in [5.74, 6) is 0. The molecule has 2 aromatic heterocycles. The summed E-state index contributed by atoms with van der Waals surface area (Å²) >= 11 is 0. The lowest BCUT2D eigenvalue weighted by Crippen LogP contribution is -2.02. The van der Waals surface area contributed by atoms with Gasteiger partial charge in [0.25, 0.3) is 0 Å². The Balaban J connectivity index is 1.87. The summed E-state index contributed by atoms with van der Waals surface area (Å²) in [4.78, 5) is 4.23. The number of nitrogen functional groups attached to an aromatic ring is 1. The van der Waals surface area contributed by atoms with Gasteiger partial charge in [-0.3, -0.25) is 4.98 Å². The largest absolute Gasteiger partial charge is 0.397 e. The molecule has 0 unspecified atom stereocenters. The predicted octanol–water partition coefficient (Wildman–Crippen LogP) is 1.81. The first-order chi connectivity index (χ1) is 8.84. The molecule has 0 aliphatic heterocycles. The highest BCUT2D eigenvalue weighted by molar-refractivity contribution is 5.94. The Morgan fingerprint density at radius 2 is 2.00 bits per heavy atom. The topological polar surface area (TPSA) is 89.9 Å². The van der Waals surface area contributed by atoms with Crippen LogP contribution in [-0.4, -0.2) is 15.3 Å². The molecule has 0 bridgehead atoms. The van der Waals surface area contributed by atoms with E-state index in [1.807, 2.05) is 24.3 Å². The van der Waals surface area contributed by atoms with Crippen LogP contribution in [0.3, 0.4) is 0 Å². The van der Waals surface area contributed by atoms with Crippen molar-refractivity contribution >= 4 is 22.4 Å². The van der Waals surface area contributed by atoms with Crippen molar-refractivity contribution in [1.82, 2.24) is 15.3 Å². The normalized spacial score (nSPS) is 10.7. The molecule has 90 valence electrons. The van der Waals surface area contributed by atoms with Crippen molar-refractivity contribution in [2.24, 2.45) is 0 Å². The minimum Gasteiger partial charge on any atom is -0.397 e. The molecule has 0 amide bonds. The molecule has 0 aliphatic rings. The SMILES string of the molecule is Nc1ccc(NCc2ccccn2)c2nonc12. The van der Waals surface area contributed by atoms with Gasteiger partial charge in [0.05, 0.1) is 23.6 Å². The van der Waals surface area contributed by atoms with Gasteiger partial charge in [-0.1, -0.05) is 6.07 Å². The average molecular weight is 241 g/mol. The number of pyridine rings is 1. The average Bonchev–Trinajstić information content (AvgIpc) is 2.90. The molecule has 18 heavy (non-hydrogen) atoms. The van der Waals surface area contributed by atoms with Gasteiger partial charge in [0.1, 0.15) is 0 Å². The zero-order valence-electron chi connectivity index (χ0n) is 9.50. The van der Waals surface area contributed by atoms with Crippen molar-refractivity contribution < 1.29 is 4.63 Å². The Hall–Kier alpha value is -2.63. The van der Waals surface area contributed by atoms with Crippen molar-refractivity contribution in [3.63, 3.8) is 0 Å². The lowest BCUT2D eigenvalue weighted by atomic mass is 10.2. The van der Waals surface area contributed by atoms with E-state index in [0.29, 0.717) is 23.3 Å². The van der Waals surface area contributed by atoms with Crippen LogP contribution in [0.2, 0.25) is 0 Å². The molecule has 6 heteroatoms. The van der Waals surface area contributed by atoms with Gasteiger partial charge in [-0.15, -0.1) is 0 Å². The van der Waals surface area contributed by atoms with Gasteiger partial charge < -0.3 is 11.1 Å². The Kier molecular flexibility index (Phi) is 2.53. The first-order valence-electron chi connectivity index (χ1n) is 5.49. The first kappa shape index (κ1) is 10.5. The lowest BCUT2D eigenvalue weighted by Gasteiger charge is -2.06. The van der Waals surface area contributed by atoms with Crippen molar-refractivity contribution in [2.75, 3.05) is 11.1 Å². The molecule has 6 nitrogen and oxygen atoms in total. The minimum atomic E-state index is 0.551. The molecule has 2 heterocycles. The number of nitrogens with one attached hydrogen (secondary N) is 1. The molecule has 0 saturated carbocycles. The smallest absolute Gasteiger partial charge is 0.160 e. The fourth-order valence-corrected chi connectivity index (χ4v) is 1.72. The van der Waals surface area contributed by atoms with E-state index < -0.39 is 0 Å². The van der Waals surface area contributed by atoms with E-state index in [-0.39, 0.29) is 0 Å². The highest BCUT2D eigenvalue weighted by atomic mass is 16.6. The van der Waals surface area contributed by atoms with Crippen LogP contribution >= 0.6 is 0 Å². The molecule has 0 atom stereocenters. The number of fused-ring (bicyclic) bond motifs is 1. The molecule has 3 N–H and O–H groups in total. The van der Waals surface area contributed by atoms with Crippen molar-refractivity contribution in [3.8, 4) is 0 Å². The van der Waals surface area contributed by atoms with Crippen molar-refractivity contribution in [3.05, 3.63) is 42.2 Å². The van der Waals surface area contributed by atoms with E-state index in [0.717, 1.165) is 11.4 Å². The van der Waals surface area contributed by atoms with E-state index in [2.05, 4.69) is 20.6 Å². The number of benzene rings is 1. The van der Waals surface area contributed by atoms with E-state index in [9.17, 15) is 0 Å². The maximum Gasteiger partial charge on any atom is 0.160 e. The molecule has 1 aromatic carbocycles. The molecular formula is C12H11N5O. The molecule has 3 rings (SSSR count). The van der Waals surface area contributed by atoms with Gasteiger partial charge in [-0.2, -0.15) is 0 Å². The number of hydrogen-bond acceptors (Lipinski definition) is 6. The van der Waals surface area contributed by atoms with Gasteiger partial charge >= 0.3 is 0 Å². The maximum absolute atomic E-state index is 5.77. The summed E-state index contributed by atoms with van der Waals surface area (Å²) in [7, 11) is 0. The van der Waals surface area contributed by atoms with E-state index in [1.165, 1.54) is 0 Å². The second kappa shape index (κ2) is 4.33. The fourth-order valence-electron chi connectivity index (χ4n) is 1.72. The first-order valence-corrected chi connectivity index (χ1v) is 5.49. The zero-order chi connectivity index (χ0) is 12.4. The van der Waals surface area contributed by atoms with Gasteiger partial charge in [-0.25, -0.2) is 4.63 Å². The van der Waals surface area contributed by atoms with E-state index in [4.69, 9.17) is 10.4 Å². The van der Waals surface area contributed by atoms with Crippen LogP contribution in [0.15, 0.2) is 41.2 Å². The fraction of sp³-hybridized carbons (Fsp3) is 0.0833. The van der Waals surface area contributed by atoms with Crippen LogP contribution in [0, 0.1) is 0 Å². The summed E-state index contributed by atoms with van der Waals surface area (Å²) in [6.07, 6.45) is 1.76. The lowest BCUT2D eigenvalue weighted by molar-refractivity contribution is 0.316. The summed E-state index contributed by atoms with van der Waals surface area (Å²) < 4.78 is 4.70. The van der Waals surface area contributed by atoms with E-state index in [1.54, 1.807) is 12.3 Å². The summed E-state index contributed by atoms with van der Waals surface area (Å²) in [6, 6.07) is 9.40. The Morgan fingerprint density at radius 1 is 1.11 bits per heavy atom. The number of anilines is 2. The third-order valence-corrected chi connectivity index (χ3v) is 2.63. The summed E-state index contributed by atoms with van der Waals surface area (Å²) in [5, 5.41) is 10.8. The Morgan fingerprint density at radius 3 is 2.83 bits per heavy atom. The highest BCUT2D eigenvalue weighted by Crippen LogP contribution is 2.25. The molecule has 0 saturated heterocycles. The second-order valence-electron chi connectivity index (χ2n) is 3.84. The third-order valence-electron chi connectivity index (χ3n) is 2.63. The Labute approximate surface area is 103 Å². The van der Waals surface area contributed by atoms with Gasteiger partial charge in [0.15, 0.2) is 11.0 Å². The van der Waals surface area contributed by atoms with Crippen molar-refractivity contribution in [2.45, 2.75) is 6.54 Å². The van der Waals surface area contributed by atoms with Gasteiger partial charge in [-0.05, 0) is 34.6 Å². The summed E-state index contributed by atoms with van der Waals surface area (Å²) in [5.41, 5.74) is 9.29. The number of nitrogens with zero attached hydrogens (tertiary/aromatic N) is 3. The van der Waals surface area contributed by atoms with Crippen LogP contribution in [-0.2, 0) is 6.54 Å². The van der Waals surface area contributed by atoms with Crippen LogP contribution in [0.25, 0.3) is 11.0 Å². The number of hydrogen-bond donors (Lipinski definition) is 2. The molecular weight excluding hydrogens is 230 g/mol. The zero-order valence-corrected chi connectivity index (χ0v) is 9.50. The van der Waals surface area contributed by atoms with E-state index >= 15 is 0 Å². The molecule has 3 aromatic rings. The molecule has 0 radical (unpaired) electrons.